The van der Waals surface area contributed by atoms with Crippen molar-refractivity contribution < 1.29 is 14.7 Å². The lowest BCUT2D eigenvalue weighted by Crippen LogP contribution is -2.40. The van der Waals surface area contributed by atoms with Gasteiger partial charge in [-0.15, -0.1) is 0 Å². The first-order valence-electron chi connectivity index (χ1n) is 8.69. The highest BCUT2D eigenvalue weighted by Crippen LogP contribution is 2.48. The van der Waals surface area contributed by atoms with Crippen LogP contribution in [0.4, 0.5) is 0 Å². The molecule has 2 bridgehead atoms. The number of hydrogen-bond donors (Lipinski definition) is 2. The molecule has 0 aliphatic heterocycles. The van der Waals surface area contributed by atoms with Gasteiger partial charge in [-0.25, -0.2) is 0 Å². The van der Waals surface area contributed by atoms with Crippen molar-refractivity contribution in [1.82, 2.24) is 15.1 Å². The van der Waals surface area contributed by atoms with Crippen LogP contribution in [0.1, 0.15) is 61.3 Å². The molecule has 124 valence electrons. The van der Waals surface area contributed by atoms with E-state index in [2.05, 4.69) is 10.4 Å². The minimum Gasteiger partial charge on any atom is -0.481 e. The average molecular weight is 317 g/mol. The van der Waals surface area contributed by atoms with E-state index in [0.29, 0.717) is 23.9 Å². The second-order valence-corrected chi connectivity index (χ2v) is 7.40. The highest BCUT2D eigenvalue weighted by molar-refractivity contribution is 5.94. The Bertz CT molecular complexity index is 620. The third kappa shape index (κ3) is 2.64. The van der Waals surface area contributed by atoms with Crippen LogP contribution in [0.3, 0.4) is 0 Å². The monoisotopic (exact) mass is 317 g/mol. The number of aromatic nitrogens is 2. The standard InChI is InChI=1S/C17H23N3O3/c21-16(12-8-18-20(9-12)13-3-1-2-4-13)19-15-7-10-5-11(15)6-14(10)17(22)23/h8-11,13-15H,1-7H2,(H,19,21)(H,22,23)/t10-,11-,14-,15-/m1/s1. The summed E-state index contributed by atoms with van der Waals surface area (Å²) in [6, 6.07) is 0.563. The molecule has 1 aromatic heterocycles. The predicted octanol–water partition coefficient (Wildman–Crippen LogP) is 2.23. The number of hydrogen-bond acceptors (Lipinski definition) is 3. The smallest absolute Gasteiger partial charge is 0.306 e. The van der Waals surface area contributed by atoms with E-state index in [1.54, 1.807) is 6.20 Å². The zero-order valence-corrected chi connectivity index (χ0v) is 13.1. The maximum atomic E-state index is 12.4. The van der Waals surface area contributed by atoms with Crippen LogP contribution in [-0.4, -0.2) is 32.8 Å². The number of rotatable bonds is 4. The molecule has 0 radical (unpaired) electrons. The van der Waals surface area contributed by atoms with Gasteiger partial charge in [0, 0.05) is 12.2 Å². The first-order chi connectivity index (χ1) is 11.1. The summed E-state index contributed by atoms with van der Waals surface area (Å²) >= 11 is 0. The molecule has 1 heterocycles. The van der Waals surface area contributed by atoms with Gasteiger partial charge < -0.3 is 10.4 Å². The van der Waals surface area contributed by atoms with Gasteiger partial charge in [-0.2, -0.15) is 5.10 Å². The summed E-state index contributed by atoms with van der Waals surface area (Å²) in [6.07, 6.45) is 10.7. The summed E-state index contributed by atoms with van der Waals surface area (Å²) < 4.78 is 1.93. The Kier molecular flexibility index (Phi) is 3.62. The lowest BCUT2D eigenvalue weighted by molar-refractivity contribution is -0.143. The first kappa shape index (κ1) is 14.7. The first-order valence-corrected chi connectivity index (χ1v) is 8.69. The van der Waals surface area contributed by atoms with Crippen molar-refractivity contribution in [3.05, 3.63) is 18.0 Å². The number of carboxylic acids is 1. The Hall–Kier alpha value is -1.85. The quantitative estimate of drug-likeness (QED) is 0.892. The summed E-state index contributed by atoms with van der Waals surface area (Å²) in [7, 11) is 0. The second-order valence-electron chi connectivity index (χ2n) is 7.40. The van der Waals surface area contributed by atoms with Gasteiger partial charge in [-0.3, -0.25) is 14.3 Å². The van der Waals surface area contributed by atoms with Crippen LogP contribution in [0.5, 0.6) is 0 Å². The van der Waals surface area contributed by atoms with E-state index in [1.165, 1.54) is 12.8 Å². The normalized spacial score (nSPS) is 33.2. The molecule has 1 amide bonds. The Morgan fingerprint density at radius 3 is 2.61 bits per heavy atom. The maximum Gasteiger partial charge on any atom is 0.306 e. The van der Waals surface area contributed by atoms with Crippen LogP contribution in [-0.2, 0) is 4.79 Å². The van der Waals surface area contributed by atoms with E-state index in [-0.39, 0.29) is 23.8 Å². The third-order valence-electron chi connectivity index (χ3n) is 6.05. The third-order valence-corrected chi connectivity index (χ3v) is 6.05. The Morgan fingerprint density at radius 2 is 1.96 bits per heavy atom. The van der Waals surface area contributed by atoms with Crippen molar-refractivity contribution in [2.75, 3.05) is 0 Å². The van der Waals surface area contributed by atoms with Gasteiger partial charge in [-0.1, -0.05) is 12.8 Å². The van der Waals surface area contributed by atoms with Crippen molar-refractivity contribution in [2.45, 2.75) is 57.0 Å². The molecule has 3 aliphatic carbocycles. The fraction of sp³-hybridized carbons (Fsp3) is 0.706. The van der Waals surface area contributed by atoms with Gasteiger partial charge >= 0.3 is 5.97 Å². The van der Waals surface area contributed by atoms with E-state index in [4.69, 9.17) is 0 Å². The number of amides is 1. The van der Waals surface area contributed by atoms with Crippen LogP contribution in [0, 0.1) is 17.8 Å². The Balaban J connectivity index is 1.37. The topological polar surface area (TPSA) is 84.2 Å². The number of fused-ring (bicyclic) bond motifs is 2. The van der Waals surface area contributed by atoms with E-state index < -0.39 is 5.97 Å². The highest BCUT2D eigenvalue weighted by atomic mass is 16.4. The molecule has 3 aliphatic rings. The second kappa shape index (κ2) is 5.65. The van der Waals surface area contributed by atoms with E-state index in [9.17, 15) is 14.7 Å². The molecule has 6 nitrogen and oxygen atoms in total. The molecule has 2 N–H and O–H groups in total. The van der Waals surface area contributed by atoms with Crippen molar-refractivity contribution in [1.29, 1.82) is 0 Å². The molecule has 0 unspecified atom stereocenters. The van der Waals surface area contributed by atoms with E-state index in [0.717, 1.165) is 25.7 Å². The lowest BCUT2D eigenvalue weighted by atomic mass is 9.86. The zero-order chi connectivity index (χ0) is 16.0. The van der Waals surface area contributed by atoms with E-state index >= 15 is 0 Å². The van der Waals surface area contributed by atoms with Crippen LogP contribution < -0.4 is 5.32 Å². The number of carbonyl (C=O) groups is 2. The van der Waals surface area contributed by atoms with Gasteiger partial charge in [0.1, 0.15) is 0 Å². The van der Waals surface area contributed by atoms with E-state index in [1.807, 2.05) is 10.9 Å². The molecule has 0 saturated heterocycles. The van der Waals surface area contributed by atoms with Crippen molar-refractivity contribution in [2.24, 2.45) is 17.8 Å². The molecular weight excluding hydrogens is 294 g/mol. The number of carboxylic acid groups (broad SMARTS) is 1. The number of aliphatic carboxylic acids is 1. The van der Waals surface area contributed by atoms with Gasteiger partial charge in [-0.05, 0) is 43.9 Å². The van der Waals surface area contributed by atoms with Crippen LogP contribution in [0.25, 0.3) is 0 Å². The molecule has 6 heteroatoms. The largest absolute Gasteiger partial charge is 0.481 e. The molecule has 0 aromatic carbocycles. The Morgan fingerprint density at radius 1 is 1.17 bits per heavy atom. The molecular formula is C17H23N3O3. The van der Waals surface area contributed by atoms with Gasteiger partial charge in [0.25, 0.3) is 5.91 Å². The number of carbonyl (C=O) groups excluding carboxylic acids is 1. The van der Waals surface area contributed by atoms with Crippen LogP contribution in [0.2, 0.25) is 0 Å². The van der Waals surface area contributed by atoms with Crippen LogP contribution in [0.15, 0.2) is 12.4 Å². The molecule has 4 atom stereocenters. The summed E-state index contributed by atoms with van der Waals surface area (Å²) in [6.45, 7) is 0. The average Bonchev–Trinajstić information content (AvgIpc) is 3.28. The lowest BCUT2D eigenvalue weighted by Gasteiger charge is -2.26. The summed E-state index contributed by atoms with van der Waals surface area (Å²) in [4.78, 5) is 23.6. The van der Waals surface area contributed by atoms with Crippen molar-refractivity contribution >= 4 is 11.9 Å². The minimum atomic E-state index is -0.680. The fourth-order valence-corrected chi connectivity index (χ4v) is 4.83. The summed E-state index contributed by atoms with van der Waals surface area (Å²) in [5, 5.41) is 16.6. The Labute approximate surface area is 135 Å². The molecule has 0 spiro atoms. The minimum absolute atomic E-state index is 0.0707. The van der Waals surface area contributed by atoms with Gasteiger partial charge in [0.2, 0.25) is 0 Å². The fourth-order valence-electron chi connectivity index (χ4n) is 4.83. The summed E-state index contributed by atoms with van der Waals surface area (Å²) in [5.74, 6) is -0.420. The van der Waals surface area contributed by atoms with Crippen molar-refractivity contribution in [3.63, 3.8) is 0 Å². The molecule has 3 saturated carbocycles. The molecule has 23 heavy (non-hydrogen) atoms. The van der Waals surface area contributed by atoms with Gasteiger partial charge in [0.05, 0.1) is 23.7 Å². The highest BCUT2D eigenvalue weighted by Gasteiger charge is 2.49. The zero-order valence-electron chi connectivity index (χ0n) is 13.1. The molecule has 3 fully saturated rings. The van der Waals surface area contributed by atoms with Crippen molar-refractivity contribution in [3.8, 4) is 0 Å². The number of nitrogens with zero attached hydrogens (tertiary/aromatic N) is 2. The maximum absolute atomic E-state index is 12.4. The number of nitrogens with one attached hydrogen (secondary N) is 1. The SMILES string of the molecule is O=C(N[C@@H]1C[C@H]2C[C@@H]1C[C@H]2C(=O)O)c1cnn(C2CCCC2)c1. The predicted molar refractivity (Wildman–Crippen MR) is 82.9 cm³/mol. The van der Waals surface area contributed by atoms with Gasteiger partial charge in [0.15, 0.2) is 0 Å². The molecule has 4 rings (SSSR count). The summed E-state index contributed by atoms with van der Waals surface area (Å²) in [5.41, 5.74) is 0.620. The van der Waals surface area contributed by atoms with Crippen LogP contribution >= 0.6 is 0 Å². The molecule has 1 aromatic rings.